The molecule has 0 spiro atoms. The van der Waals surface area contributed by atoms with Crippen molar-refractivity contribution in [2.24, 2.45) is 0 Å². The van der Waals surface area contributed by atoms with Crippen LogP contribution in [0, 0.1) is 0 Å². The molecule has 0 N–H and O–H groups in total. The number of hydrogen-bond acceptors (Lipinski definition) is 0. The van der Waals surface area contributed by atoms with Crippen molar-refractivity contribution in [2.45, 2.75) is 51.4 Å². The van der Waals surface area contributed by atoms with Gasteiger partial charge >= 0.3 is 0 Å². The Bertz CT molecular complexity index is 251. The largest absolute Gasteiger partial charge is 0.100 e. The minimum atomic E-state index is -1.33. The van der Waals surface area contributed by atoms with Crippen LogP contribution in [0.4, 0.5) is 0 Å². The summed E-state index contributed by atoms with van der Waals surface area (Å²) in [5.41, 5.74) is 3.98. The molecule has 0 amide bonds. The second-order valence-corrected chi connectivity index (χ2v) is 11.0. The van der Waals surface area contributed by atoms with E-state index in [1.807, 2.05) is 0 Å². The molecule has 0 aromatic heterocycles. The van der Waals surface area contributed by atoms with Gasteiger partial charge in [-0.3, -0.25) is 0 Å². The fourth-order valence-corrected chi connectivity index (χ4v) is 9.29. The average molecular weight is 315 g/mol. The van der Waals surface area contributed by atoms with Crippen LogP contribution in [-0.2, 0) is 0 Å². The third-order valence-electron chi connectivity index (χ3n) is 2.87. The molecule has 0 unspecified atom stereocenters. The van der Waals surface area contributed by atoms with E-state index in [1.165, 1.54) is 47.3 Å². The monoisotopic (exact) mass is 314 g/mol. The highest BCUT2D eigenvalue weighted by Gasteiger charge is 2.31. The fraction of sp³-hybridized carbons (Fsp3) is 0.600. The van der Waals surface area contributed by atoms with E-state index in [-0.39, 0.29) is 0 Å². The van der Waals surface area contributed by atoms with Crippen LogP contribution in [0.25, 0.3) is 0 Å². The molecule has 0 aromatic carbocycles. The number of alkyl halides is 1. The lowest BCUT2D eigenvalue weighted by atomic mass is 10.4. The molecule has 0 nitrogen and oxygen atoms in total. The summed E-state index contributed by atoms with van der Waals surface area (Å²) in [5.74, 6) is 0. The molecule has 0 bridgehead atoms. The second kappa shape index (κ2) is 8.10. The maximum Gasteiger partial charge on any atom is 0.0656 e. The van der Waals surface area contributed by atoms with Crippen molar-refractivity contribution >= 4 is 24.0 Å². The molecule has 2 heteroatoms. The maximum atomic E-state index is 4.13. The Morgan fingerprint density at radius 1 is 0.882 bits per heavy atom. The van der Waals surface area contributed by atoms with Crippen LogP contribution in [-0.4, -0.2) is 13.4 Å². The normalized spacial score (nSPS) is 11.3. The van der Waals surface area contributed by atoms with Gasteiger partial charge in [-0.05, 0) is 45.3 Å². The Labute approximate surface area is 117 Å². The van der Waals surface area contributed by atoms with Gasteiger partial charge in [-0.25, -0.2) is 0 Å². The van der Waals surface area contributed by atoms with Crippen LogP contribution in [0.1, 0.15) is 27.2 Å². The molecule has 0 rings (SSSR count). The molecule has 0 aliphatic rings. The quantitative estimate of drug-likeness (QED) is 0.280. The summed E-state index contributed by atoms with van der Waals surface area (Å²) < 4.78 is 0. The third-order valence-corrected chi connectivity index (χ3v) is 8.91. The molecule has 0 saturated carbocycles. The number of hydrogen-bond donors (Lipinski definition) is 0. The molecule has 98 valence electrons. The Kier molecular flexibility index (Phi) is 8.06. The molecule has 0 aromatic rings. The molecule has 0 heterocycles. The number of halogens is 1. The Morgan fingerprint density at radius 3 is 1.47 bits per heavy atom. The van der Waals surface area contributed by atoms with E-state index in [0.29, 0.717) is 0 Å². The van der Waals surface area contributed by atoms with Gasteiger partial charge in [-0.1, -0.05) is 38.7 Å². The topological polar surface area (TPSA) is 0 Å². The molecule has 0 fully saturated rings. The summed E-state index contributed by atoms with van der Waals surface area (Å²) in [5, 5.41) is 1.10. The van der Waals surface area contributed by atoms with Gasteiger partial charge in [0, 0.05) is 5.33 Å². The molecule has 0 radical (unpaired) electrons. The predicted molar refractivity (Wildman–Crippen MR) is 87.8 cm³/mol. The molecule has 0 aliphatic carbocycles. The van der Waals surface area contributed by atoms with E-state index in [0.717, 1.165) is 5.33 Å². The summed E-state index contributed by atoms with van der Waals surface area (Å²) in [7, 11) is -1.33. The molecular formula is C15H27BrSi. The van der Waals surface area contributed by atoms with Crippen LogP contribution < -0.4 is 0 Å². The molecular weight excluding hydrogens is 288 g/mol. The zero-order valence-electron chi connectivity index (χ0n) is 11.7. The Morgan fingerprint density at radius 2 is 1.24 bits per heavy atom. The summed E-state index contributed by atoms with van der Waals surface area (Å²) in [6.45, 7) is 18.9. The summed E-state index contributed by atoms with van der Waals surface area (Å²) in [6, 6.07) is 5.02. The Balaban J connectivity index is 4.95. The first-order valence-corrected chi connectivity index (χ1v) is 10.3. The summed E-state index contributed by atoms with van der Waals surface area (Å²) >= 11 is 3.56. The SMILES string of the molecule is C=C(C)C[Si](CCCBr)(CC(=C)C)CC(=C)C. The smallest absolute Gasteiger partial charge is 0.0656 e. The standard InChI is InChI=1S/C15H27BrSi/c1-13(2)10-17(9-7-8-16,11-14(3)4)12-15(5)6/h1,3,5,7-12H2,2,4,6H3. The minimum Gasteiger partial charge on any atom is -0.100 e. The van der Waals surface area contributed by atoms with Crippen molar-refractivity contribution in [3.63, 3.8) is 0 Å². The van der Waals surface area contributed by atoms with Crippen LogP contribution >= 0.6 is 15.9 Å². The highest BCUT2D eigenvalue weighted by atomic mass is 79.9. The van der Waals surface area contributed by atoms with Crippen molar-refractivity contribution < 1.29 is 0 Å². The minimum absolute atomic E-state index is 1.10. The van der Waals surface area contributed by atoms with Crippen LogP contribution in [0.15, 0.2) is 36.5 Å². The van der Waals surface area contributed by atoms with E-state index in [2.05, 4.69) is 56.4 Å². The van der Waals surface area contributed by atoms with Gasteiger partial charge in [0.2, 0.25) is 0 Å². The highest BCUT2D eigenvalue weighted by molar-refractivity contribution is 9.09. The van der Waals surface area contributed by atoms with E-state index < -0.39 is 8.07 Å². The zero-order chi connectivity index (χ0) is 13.5. The van der Waals surface area contributed by atoms with Gasteiger partial charge in [0.05, 0.1) is 8.07 Å². The van der Waals surface area contributed by atoms with Gasteiger partial charge in [0.1, 0.15) is 0 Å². The van der Waals surface area contributed by atoms with Gasteiger partial charge < -0.3 is 0 Å². The van der Waals surface area contributed by atoms with Gasteiger partial charge in [-0.15, -0.1) is 19.7 Å². The van der Waals surface area contributed by atoms with Crippen molar-refractivity contribution in [1.29, 1.82) is 0 Å². The Hall–Kier alpha value is -0.0831. The lowest BCUT2D eigenvalue weighted by Gasteiger charge is -2.33. The van der Waals surface area contributed by atoms with Gasteiger partial charge in [-0.2, -0.15) is 0 Å². The van der Waals surface area contributed by atoms with Crippen LogP contribution in [0.2, 0.25) is 24.2 Å². The van der Waals surface area contributed by atoms with E-state index >= 15 is 0 Å². The van der Waals surface area contributed by atoms with Crippen molar-refractivity contribution in [2.75, 3.05) is 5.33 Å². The molecule has 17 heavy (non-hydrogen) atoms. The van der Waals surface area contributed by atoms with Gasteiger partial charge in [0.15, 0.2) is 0 Å². The molecule has 0 aliphatic heterocycles. The fourth-order valence-electron chi connectivity index (χ4n) is 2.81. The lowest BCUT2D eigenvalue weighted by molar-refractivity contribution is 1.02. The third kappa shape index (κ3) is 7.77. The first-order valence-electron chi connectivity index (χ1n) is 6.30. The van der Waals surface area contributed by atoms with Crippen molar-refractivity contribution in [3.05, 3.63) is 36.5 Å². The van der Waals surface area contributed by atoms with E-state index in [9.17, 15) is 0 Å². The van der Waals surface area contributed by atoms with Crippen molar-refractivity contribution in [3.8, 4) is 0 Å². The van der Waals surface area contributed by atoms with Crippen LogP contribution in [0.3, 0.4) is 0 Å². The average Bonchev–Trinajstić information content (AvgIpc) is 2.11. The molecule has 0 atom stereocenters. The van der Waals surface area contributed by atoms with Crippen molar-refractivity contribution in [1.82, 2.24) is 0 Å². The van der Waals surface area contributed by atoms with Gasteiger partial charge in [0.25, 0.3) is 0 Å². The van der Waals surface area contributed by atoms with E-state index in [1.54, 1.807) is 0 Å². The maximum absolute atomic E-state index is 4.13. The molecule has 0 saturated heterocycles. The number of allylic oxidation sites excluding steroid dienone is 3. The lowest BCUT2D eigenvalue weighted by Crippen LogP contribution is -2.34. The number of rotatable bonds is 9. The predicted octanol–water partition coefficient (Wildman–Crippen LogP) is 5.95. The van der Waals surface area contributed by atoms with Crippen LogP contribution in [0.5, 0.6) is 0 Å². The summed E-state index contributed by atoms with van der Waals surface area (Å²) in [4.78, 5) is 0. The zero-order valence-corrected chi connectivity index (χ0v) is 14.3. The first kappa shape index (κ1) is 16.9. The van der Waals surface area contributed by atoms with E-state index in [4.69, 9.17) is 0 Å². The highest BCUT2D eigenvalue weighted by Crippen LogP contribution is 2.35. The second-order valence-electron chi connectivity index (χ2n) is 5.69. The summed E-state index contributed by atoms with van der Waals surface area (Å²) in [6.07, 6.45) is 1.26. The first-order chi connectivity index (χ1) is 7.81.